The number of hydrogen-bond acceptors (Lipinski definition) is 7. The lowest BCUT2D eigenvalue weighted by molar-refractivity contribution is 0.281. The lowest BCUT2D eigenvalue weighted by atomic mass is 10.2. The van der Waals surface area contributed by atoms with Gasteiger partial charge in [-0.2, -0.15) is 4.52 Å². The molecule has 0 saturated carbocycles. The highest BCUT2D eigenvalue weighted by Crippen LogP contribution is 2.28. The van der Waals surface area contributed by atoms with E-state index in [-0.39, 0.29) is 6.61 Å². The molecule has 25 heavy (non-hydrogen) atoms. The first-order valence-corrected chi connectivity index (χ1v) is 7.85. The van der Waals surface area contributed by atoms with Gasteiger partial charge < -0.3 is 19.9 Å². The number of benzene rings is 1. The second kappa shape index (κ2) is 6.94. The maximum Gasteiger partial charge on any atom is 0.226 e. The van der Waals surface area contributed by atoms with Gasteiger partial charge in [-0.15, -0.1) is 5.10 Å². The first-order valence-electron chi connectivity index (χ1n) is 7.85. The van der Waals surface area contributed by atoms with Gasteiger partial charge in [-0.1, -0.05) is 6.07 Å². The maximum absolute atomic E-state index is 9.56. The lowest BCUT2D eigenvalue weighted by Gasteiger charge is -2.12. The van der Waals surface area contributed by atoms with Gasteiger partial charge in [0.15, 0.2) is 17.1 Å². The van der Waals surface area contributed by atoms with Crippen LogP contribution in [0.2, 0.25) is 0 Å². The molecule has 0 aliphatic carbocycles. The maximum atomic E-state index is 9.56. The summed E-state index contributed by atoms with van der Waals surface area (Å²) in [5.41, 5.74) is 3.02. The number of fused-ring (bicyclic) bond motifs is 1. The summed E-state index contributed by atoms with van der Waals surface area (Å²) in [6.45, 7) is 4.05. The number of aryl methyl sites for hydroxylation is 2. The minimum Gasteiger partial charge on any atom is -0.493 e. The number of aliphatic hydroxyl groups excluding tert-OH is 1. The Hall–Kier alpha value is -2.87. The average molecular weight is 343 g/mol. The van der Waals surface area contributed by atoms with E-state index in [1.165, 1.54) is 0 Å². The number of methoxy groups -OCH3 is 2. The van der Waals surface area contributed by atoms with Crippen LogP contribution >= 0.6 is 0 Å². The molecule has 2 aromatic heterocycles. The Bertz CT molecular complexity index is 907. The molecule has 0 unspecified atom stereocenters. The van der Waals surface area contributed by atoms with E-state index >= 15 is 0 Å². The Labute approximate surface area is 145 Å². The summed E-state index contributed by atoms with van der Waals surface area (Å²) in [5, 5.41) is 17.2. The second-order valence-corrected chi connectivity index (χ2v) is 5.59. The van der Waals surface area contributed by atoms with Crippen molar-refractivity contribution in [2.45, 2.75) is 27.0 Å². The number of ether oxygens (including phenoxy) is 2. The van der Waals surface area contributed by atoms with E-state index in [1.807, 2.05) is 32.0 Å². The van der Waals surface area contributed by atoms with Crippen LogP contribution in [0.1, 0.15) is 22.6 Å². The molecule has 0 aliphatic rings. The van der Waals surface area contributed by atoms with Gasteiger partial charge in [0.05, 0.1) is 26.5 Å². The largest absolute Gasteiger partial charge is 0.493 e. The van der Waals surface area contributed by atoms with Crippen molar-refractivity contribution < 1.29 is 14.6 Å². The van der Waals surface area contributed by atoms with E-state index in [4.69, 9.17) is 9.47 Å². The molecule has 2 heterocycles. The third-order valence-corrected chi connectivity index (χ3v) is 3.95. The molecule has 0 fully saturated rings. The lowest BCUT2D eigenvalue weighted by Crippen LogP contribution is -2.11. The van der Waals surface area contributed by atoms with Gasteiger partial charge in [0.2, 0.25) is 5.95 Å². The summed E-state index contributed by atoms with van der Waals surface area (Å²) in [6.07, 6.45) is 0. The van der Waals surface area contributed by atoms with Crippen molar-refractivity contribution in [2.24, 2.45) is 0 Å². The Balaban J connectivity index is 1.91. The first kappa shape index (κ1) is 17.0. The molecule has 132 valence electrons. The minimum absolute atomic E-state index is 0.129. The van der Waals surface area contributed by atoms with Crippen molar-refractivity contribution in [2.75, 3.05) is 19.5 Å². The van der Waals surface area contributed by atoms with E-state index in [0.29, 0.717) is 41.0 Å². The van der Waals surface area contributed by atoms with Gasteiger partial charge in [-0.3, -0.25) is 0 Å². The molecule has 0 aliphatic heterocycles. The Morgan fingerprint density at radius 2 is 1.88 bits per heavy atom. The Morgan fingerprint density at radius 1 is 1.12 bits per heavy atom. The number of nitrogens with zero attached hydrogens (tertiary/aromatic N) is 4. The van der Waals surface area contributed by atoms with Gasteiger partial charge in [-0.05, 0) is 31.5 Å². The molecule has 1 aromatic carbocycles. The van der Waals surface area contributed by atoms with Gasteiger partial charge in [-0.25, -0.2) is 9.97 Å². The van der Waals surface area contributed by atoms with Crippen LogP contribution in [0, 0.1) is 13.8 Å². The molecule has 8 nitrogen and oxygen atoms in total. The van der Waals surface area contributed by atoms with E-state index in [9.17, 15) is 5.11 Å². The summed E-state index contributed by atoms with van der Waals surface area (Å²) in [6, 6.07) is 5.72. The van der Waals surface area contributed by atoms with Gasteiger partial charge in [0, 0.05) is 12.1 Å². The standard InChI is InChI=1S/C17H21N5O3/c1-10-13(9-23)16-20-11(2)21-22(16)17(19-10)18-8-12-5-6-14(24-3)15(7-12)25-4/h5-7,23H,8-9H2,1-4H3,(H,18,19). The fraction of sp³-hybridized carbons (Fsp3) is 0.353. The van der Waals surface area contributed by atoms with Crippen molar-refractivity contribution >= 4 is 11.6 Å². The van der Waals surface area contributed by atoms with Gasteiger partial charge >= 0.3 is 0 Å². The van der Waals surface area contributed by atoms with Crippen molar-refractivity contribution in [3.8, 4) is 11.5 Å². The van der Waals surface area contributed by atoms with Crippen molar-refractivity contribution in [1.82, 2.24) is 19.6 Å². The number of hydrogen-bond donors (Lipinski definition) is 2. The molecule has 0 bridgehead atoms. The van der Waals surface area contributed by atoms with Crippen LogP contribution in [0.4, 0.5) is 5.95 Å². The van der Waals surface area contributed by atoms with E-state index < -0.39 is 0 Å². The normalized spacial score (nSPS) is 10.9. The van der Waals surface area contributed by atoms with Crippen LogP contribution < -0.4 is 14.8 Å². The molecule has 0 saturated heterocycles. The molecule has 2 N–H and O–H groups in total. The molecule has 0 amide bonds. The zero-order valence-electron chi connectivity index (χ0n) is 14.7. The highest BCUT2D eigenvalue weighted by Gasteiger charge is 2.14. The summed E-state index contributed by atoms with van der Waals surface area (Å²) in [4.78, 5) is 8.90. The average Bonchev–Trinajstić information content (AvgIpc) is 3.00. The highest BCUT2D eigenvalue weighted by atomic mass is 16.5. The number of aromatic nitrogens is 4. The van der Waals surface area contributed by atoms with Crippen LogP contribution in [-0.2, 0) is 13.2 Å². The monoisotopic (exact) mass is 343 g/mol. The van der Waals surface area contributed by atoms with Crippen LogP contribution in [0.3, 0.4) is 0 Å². The first-order chi connectivity index (χ1) is 12.1. The van der Waals surface area contributed by atoms with Crippen molar-refractivity contribution in [3.63, 3.8) is 0 Å². The van der Waals surface area contributed by atoms with Crippen molar-refractivity contribution in [3.05, 3.63) is 40.8 Å². The Morgan fingerprint density at radius 3 is 2.56 bits per heavy atom. The Kier molecular flexibility index (Phi) is 4.71. The quantitative estimate of drug-likeness (QED) is 0.705. The van der Waals surface area contributed by atoms with E-state index in [0.717, 1.165) is 11.3 Å². The molecule has 0 spiro atoms. The summed E-state index contributed by atoms with van der Waals surface area (Å²) < 4.78 is 12.2. The summed E-state index contributed by atoms with van der Waals surface area (Å²) in [7, 11) is 3.21. The van der Waals surface area contributed by atoms with Crippen LogP contribution in [-0.4, -0.2) is 38.9 Å². The molecular formula is C17H21N5O3. The summed E-state index contributed by atoms with van der Waals surface area (Å²) in [5.74, 6) is 2.54. The predicted octanol–water partition coefficient (Wildman–Crippen LogP) is 1.86. The third kappa shape index (κ3) is 3.20. The van der Waals surface area contributed by atoms with Gasteiger partial charge in [0.1, 0.15) is 5.82 Å². The van der Waals surface area contributed by atoms with Gasteiger partial charge in [0.25, 0.3) is 0 Å². The van der Waals surface area contributed by atoms with E-state index in [2.05, 4.69) is 20.4 Å². The smallest absolute Gasteiger partial charge is 0.226 e. The van der Waals surface area contributed by atoms with Crippen LogP contribution in [0.15, 0.2) is 18.2 Å². The van der Waals surface area contributed by atoms with E-state index in [1.54, 1.807) is 18.7 Å². The van der Waals surface area contributed by atoms with Crippen LogP contribution in [0.25, 0.3) is 5.65 Å². The molecule has 0 radical (unpaired) electrons. The SMILES string of the molecule is COc1ccc(CNc2nc(C)c(CO)c3nc(C)nn23)cc1OC. The zero-order chi connectivity index (χ0) is 18.0. The van der Waals surface area contributed by atoms with Crippen LogP contribution in [0.5, 0.6) is 11.5 Å². The third-order valence-electron chi connectivity index (χ3n) is 3.95. The molecule has 3 aromatic rings. The molecule has 8 heteroatoms. The molecule has 0 atom stereocenters. The summed E-state index contributed by atoms with van der Waals surface area (Å²) >= 11 is 0. The minimum atomic E-state index is -0.129. The number of rotatable bonds is 6. The topological polar surface area (TPSA) is 93.8 Å². The molecule has 3 rings (SSSR count). The fourth-order valence-corrected chi connectivity index (χ4v) is 2.66. The fourth-order valence-electron chi connectivity index (χ4n) is 2.66. The number of anilines is 1. The van der Waals surface area contributed by atoms with Crippen molar-refractivity contribution in [1.29, 1.82) is 0 Å². The number of nitrogens with one attached hydrogen (secondary N) is 1. The number of aliphatic hydroxyl groups is 1. The second-order valence-electron chi connectivity index (χ2n) is 5.59. The zero-order valence-corrected chi connectivity index (χ0v) is 14.7. The predicted molar refractivity (Wildman–Crippen MR) is 93.1 cm³/mol. The molecular weight excluding hydrogens is 322 g/mol. The highest BCUT2D eigenvalue weighted by molar-refractivity contribution is 5.54.